The molecule has 2 aliphatic carbocycles. The molecular formula is C21H32O5. The van der Waals surface area contributed by atoms with E-state index in [0.29, 0.717) is 25.0 Å². The van der Waals surface area contributed by atoms with Crippen LogP contribution in [-0.4, -0.2) is 48.7 Å². The molecule has 0 spiro atoms. The van der Waals surface area contributed by atoms with Gasteiger partial charge in [0.05, 0.1) is 24.4 Å². The molecule has 1 aliphatic heterocycles. The van der Waals surface area contributed by atoms with Crippen LogP contribution in [0.4, 0.5) is 0 Å². The summed E-state index contributed by atoms with van der Waals surface area (Å²) < 4.78 is 10.7. The van der Waals surface area contributed by atoms with E-state index in [1.54, 1.807) is 7.11 Å². The number of ether oxygens (including phenoxy) is 2. The van der Waals surface area contributed by atoms with Crippen LogP contribution in [0.1, 0.15) is 46.0 Å². The van der Waals surface area contributed by atoms with Crippen molar-refractivity contribution in [2.75, 3.05) is 20.3 Å². The molecule has 0 bridgehead atoms. The molecule has 2 N–H and O–H groups in total. The summed E-state index contributed by atoms with van der Waals surface area (Å²) >= 11 is 0. The van der Waals surface area contributed by atoms with Crippen molar-refractivity contribution in [3.05, 3.63) is 23.8 Å². The van der Waals surface area contributed by atoms with Gasteiger partial charge in [-0.1, -0.05) is 26.0 Å². The van der Waals surface area contributed by atoms with Crippen LogP contribution in [0.2, 0.25) is 0 Å². The molecule has 0 amide bonds. The van der Waals surface area contributed by atoms with E-state index in [-0.39, 0.29) is 35.9 Å². The van der Waals surface area contributed by atoms with Crippen molar-refractivity contribution in [3.8, 4) is 0 Å². The zero-order chi connectivity index (χ0) is 19.1. The average molecular weight is 364 g/mol. The molecule has 2 fully saturated rings. The SMILES string of the molecule is C=C1CC[C@H]2[C@](C)(CO)[C@H](O)CC[C@@]2(C)[C@@H]1C[C@H](OC)C1=CCOC1=O. The third-order valence-corrected chi connectivity index (χ3v) is 7.53. The second-order valence-corrected chi connectivity index (χ2v) is 8.74. The van der Waals surface area contributed by atoms with E-state index in [1.165, 1.54) is 5.57 Å². The maximum atomic E-state index is 12.0. The summed E-state index contributed by atoms with van der Waals surface area (Å²) in [5.74, 6) is 0.0966. The number of aliphatic hydroxyl groups is 2. The van der Waals surface area contributed by atoms with Crippen molar-refractivity contribution < 1.29 is 24.5 Å². The Kier molecular flexibility index (Phi) is 5.35. The predicted octanol–water partition coefficient (Wildman–Crippen LogP) is 2.62. The molecule has 3 aliphatic rings. The number of hydrogen-bond donors (Lipinski definition) is 2. The van der Waals surface area contributed by atoms with Gasteiger partial charge in [-0.25, -0.2) is 4.79 Å². The number of methoxy groups -OCH3 is 1. The largest absolute Gasteiger partial charge is 0.458 e. The monoisotopic (exact) mass is 364 g/mol. The van der Waals surface area contributed by atoms with Crippen LogP contribution in [0.15, 0.2) is 23.8 Å². The molecule has 6 atom stereocenters. The lowest BCUT2D eigenvalue weighted by Crippen LogP contribution is -2.57. The van der Waals surface area contributed by atoms with Gasteiger partial charge in [0.1, 0.15) is 6.61 Å². The van der Waals surface area contributed by atoms with Crippen LogP contribution >= 0.6 is 0 Å². The standard InChI is InChI=1S/C21H32O5/c1-13-5-6-17-20(2,9-7-18(23)21(17,3)12-22)15(13)11-16(25-4)14-8-10-26-19(14)24/h8,15-18,22-23H,1,5-7,9-12H2,2-4H3/t15-,16+,17-,18-,20+,21+/m1/s1. The van der Waals surface area contributed by atoms with Gasteiger partial charge in [0, 0.05) is 12.5 Å². The summed E-state index contributed by atoms with van der Waals surface area (Å²) in [5, 5.41) is 20.7. The van der Waals surface area contributed by atoms with Gasteiger partial charge in [0.2, 0.25) is 0 Å². The minimum atomic E-state index is -0.500. The van der Waals surface area contributed by atoms with Crippen LogP contribution in [0.5, 0.6) is 0 Å². The summed E-state index contributed by atoms with van der Waals surface area (Å²) in [6.45, 7) is 8.91. The van der Waals surface area contributed by atoms with Crippen LogP contribution < -0.4 is 0 Å². The zero-order valence-corrected chi connectivity index (χ0v) is 16.2. The highest BCUT2D eigenvalue weighted by Crippen LogP contribution is 2.62. The molecule has 0 radical (unpaired) electrons. The van der Waals surface area contributed by atoms with Gasteiger partial charge in [-0.05, 0) is 55.4 Å². The van der Waals surface area contributed by atoms with E-state index in [1.807, 2.05) is 13.0 Å². The van der Waals surface area contributed by atoms with E-state index >= 15 is 0 Å². The molecule has 146 valence electrons. The fourth-order valence-electron chi connectivity index (χ4n) is 5.84. The Bertz CT molecular complexity index is 612. The second kappa shape index (κ2) is 7.10. The summed E-state index contributed by atoms with van der Waals surface area (Å²) in [4.78, 5) is 12.0. The second-order valence-electron chi connectivity index (χ2n) is 8.74. The number of esters is 1. The lowest BCUT2D eigenvalue weighted by molar-refractivity contribution is -0.155. The molecule has 2 saturated carbocycles. The number of aliphatic hydroxyl groups excluding tert-OH is 2. The van der Waals surface area contributed by atoms with Gasteiger partial charge in [0.15, 0.2) is 0 Å². The van der Waals surface area contributed by atoms with Crippen LogP contribution in [-0.2, 0) is 14.3 Å². The van der Waals surface area contributed by atoms with Gasteiger partial charge in [-0.2, -0.15) is 0 Å². The van der Waals surface area contributed by atoms with Crippen LogP contribution in [0, 0.1) is 22.7 Å². The quantitative estimate of drug-likeness (QED) is 0.579. The van der Waals surface area contributed by atoms with E-state index < -0.39 is 11.5 Å². The summed E-state index contributed by atoms with van der Waals surface area (Å²) in [6, 6.07) is 0. The minimum Gasteiger partial charge on any atom is -0.458 e. The molecular weight excluding hydrogens is 332 g/mol. The molecule has 5 nitrogen and oxygen atoms in total. The number of carbonyl (C=O) groups is 1. The number of cyclic esters (lactones) is 1. The lowest BCUT2D eigenvalue weighted by Gasteiger charge is -2.60. The maximum Gasteiger partial charge on any atom is 0.336 e. The number of hydrogen-bond acceptors (Lipinski definition) is 5. The van der Waals surface area contributed by atoms with Gasteiger partial charge in [0.25, 0.3) is 0 Å². The third-order valence-electron chi connectivity index (χ3n) is 7.53. The topological polar surface area (TPSA) is 76.0 Å². The van der Waals surface area contributed by atoms with Crippen molar-refractivity contribution in [2.24, 2.45) is 22.7 Å². The summed E-state index contributed by atoms with van der Waals surface area (Å²) in [7, 11) is 1.63. The molecule has 3 rings (SSSR count). The van der Waals surface area contributed by atoms with Crippen molar-refractivity contribution in [3.63, 3.8) is 0 Å². The average Bonchev–Trinajstić information content (AvgIpc) is 3.04. The van der Waals surface area contributed by atoms with E-state index in [2.05, 4.69) is 13.5 Å². The number of carbonyl (C=O) groups excluding carboxylic acids is 1. The minimum absolute atomic E-state index is 0.0151. The molecule has 0 aromatic heterocycles. The molecule has 26 heavy (non-hydrogen) atoms. The van der Waals surface area contributed by atoms with Gasteiger partial charge in [-0.15, -0.1) is 0 Å². The van der Waals surface area contributed by atoms with E-state index in [0.717, 1.165) is 19.3 Å². The zero-order valence-electron chi connectivity index (χ0n) is 16.2. The molecule has 0 saturated heterocycles. The van der Waals surface area contributed by atoms with E-state index in [4.69, 9.17) is 9.47 Å². The predicted molar refractivity (Wildman–Crippen MR) is 98.4 cm³/mol. The first kappa shape index (κ1) is 19.6. The fourth-order valence-corrected chi connectivity index (χ4v) is 5.84. The van der Waals surface area contributed by atoms with Crippen molar-refractivity contribution in [2.45, 2.75) is 58.2 Å². The Morgan fingerprint density at radius 1 is 1.42 bits per heavy atom. The molecule has 5 heteroatoms. The van der Waals surface area contributed by atoms with E-state index in [9.17, 15) is 15.0 Å². The summed E-state index contributed by atoms with van der Waals surface area (Å²) in [6.07, 6.45) is 5.08. The van der Waals surface area contributed by atoms with Crippen molar-refractivity contribution >= 4 is 5.97 Å². The number of allylic oxidation sites excluding steroid dienone is 1. The highest BCUT2D eigenvalue weighted by Gasteiger charge is 2.58. The third kappa shape index (κ3) is 2.94. The van der Waals surface area contributed by atoms with Gasteiger partial charge >= 0.3 is 5.97 Å². The summed E-state index contributed by atoms with van der Waals surface area (Å²) in [5.41, 5.74) is 1.22. The van der Waals surface area contributed by atoms with Crippen LogP contribution in [0.3, 0.4) is 0 Å². The molecule has 0 aromatic carbocycles. The highest BCUT2D eigenvalue weighted by molar-refractivity contribution is 5.91. The van der Waals surface area contributed by atoms with Gasteiger partial charge in [-0.3, -0.25) is 0 Å². The Hall–Kier alpha value is -1.17. The lowest BCUT2D eigenvalue weighted by atomic mass is 9.46. The molecule has 1 heterocycles. The first-order valence-electron chi connectivity index (χ1n) is 9.64. The van der Waals surface area contributed by atoms with Crippen LogP contribution in [0.25, 0.3) is 0 Å². The van der Waals surface area contributed by atoms with Crippen molar-refractivity contribution in [1.82, 2.24) is 0 Å². The van der Waals surface area contributed by atoms with Crippen molar-refractivity contribution in [1.29, 1.82) is 0 Å². The highest BCUT2D eigenvalue weighted by atomic mass is 16.5. The number of rotatable bonds is 5. The molecule has 0 aromatic rings. The first-order chi connectivity index (χ1) is 12.3. The fraction of sp³-hybridized carbons (Fsp3) is 0.762. The Balaban J connectivity index is 1.90. The smallest absolute Gasteiger partial charge is 0.336 e. The van der Waals surface area contributed by atoms with Gasteiger partial charge < -0.3 is 19.7 Å². The Labute approximate surface area is 156 Å². The number of fused-ring (bicyclic) bond motifs is 1. The normalized spacial score (nSPS) is 41.4. The Morgan fingerprint density at radius 2 is 2.15 bits per heavy atom. The molecule has 0 unspecified atom stereocenters. The Morgan fingerprint density at radius 3 is 2.73 bits per heavy atom. The first-order valence-corrected chi connectivity index (χ1v) is 9.64. The maximum absolute atomic E-state index is 12.0.